The van der Waals surface area contributed by atoms with Crippen LogP contribution in [-0.2, 0) is 9.59 Å². The molecule has 2 amide bonds. The quantitative estimate of drug-likeness (QED) is 0.724. The number of anilines is 1. The molecule has 0 aromatic heterocycles. The van der Waals surface area contributed by atoms with Crippen LogP contribution in [0.4, 0.5) is 5.69 Å². The summed E-state index contributed by atoms with van der Waals surface area (Å²) in [6.07, 6.45) is 1.15. The second-order valence-corrected chi connectivity index (χ2v) is 8.73. The molecule has 2 aromatic rings. The maximum absolute atomic E-state index is 13.6. The topological polar surface area (TPSA) is 40.6 Å². The van der Waals surface area contributed by atoms with Crippen LogP contribution in [0.25, 0.3) is 5.57 Å². The Hall–Kier alpha value is -2.88. The molecule has 0 aliphatic carbocycles. The van der Waals surface area contributed by atoms with Crippen LogP contribution < -0.4 is 4.90 Å². The van der Waals surface area contributed by atoms with E-state index in [0.717, 1.165) is 36.2 Å². The summed E-state index contributed by atoms with van der Waals surface area (Å²) >= 11 is 0. The van der Waals surface area contributed by atoms with Crippen LogP contribution in [0.3, 0.4) is 0 Å². The van der Waals surface area contributed by atoms with Gasteiger partial charge < -0.3 is 4.90 Å². The summed E-state index contributed by atoms with van der Waals surface area (Å²) in [5.41, 5.74) is 4.61. The molecule has 0 N–H and O–H groups in total. The second kappa shape index (κ2) is 7.51. The highest BCUT2D eigenvalue weighted by molar-refractivity contribution is 6.45. The van der Waals surface area contributed by atoms with Crippen molar-refractivity contribution < 1.29 is 9.59 Å². The Morgan fingerprint density at radius 2 is 1.41 bits per heavy atom. The fraction of sp³-hybridized carbons (Fsp3) is 0.360. The highest BCUT2D eigenvalue weighted by Gasteiger charge is 2.43. The first kappa shape index (κ1) is 19.4. The van der Waals surface area contributed by atoms with E-state index < -0.39 is 0 Å². The number of hydrogen-bond donors (Lipinski definition) is 0. The van der Waals surface area contributed by atoms with Crippen molar-refractivity contribution in [3.05, 3.63) is 70.9 Å². The fourth-order valence-electron chi connectivity index (χ4n) is 4.84. The van der Waals surface area contributed by atoms with E-state index in [0.29, 0.717) is 28.8 Å². The number of benzene rings is 2. The summed E-state index contributed by atoms with van der Waals surface area (Å²) in [5, 5.41) is 0. The van der Waals surface area contributed by atoms with Gasteiger partial charge in [0.05, 0.1) is 11.3 Å². The zero-order chi connectivity index (χ0) is 20.7. The van der Waals surface area contributed by atoms with Gasteiger partial charge in [0.25, 0.3) is 11.8 Å². The minimum Gasteiger partial charge on any atom is -0.366 e. The SMILES string of the molecule is Cc1cc(C)cc(N2C(=O)C(c3ccccc3)=C(N3CC(C)CC(C)C3)C2=O)c1. The highest BCUT2D eigenvalue weighted by Crippen LogP contribution is 2.37. The molecule has 4 nitrogen and oxygen atoms in total. The van der Waals surface area contributed by atoms with Gasteiger partial charge in [0, 0.05) is 13.1 Å². The lowest BCUT2D eigenvalue weighted by Gasteiger charge is -2.37. The number of nitrogens with zero attached hydrogens (tertiary/aromatic N) is 2. The summed E-state index contributed by atoms with van der Waals surface area (Å²) in [6.45, 7) is 10.0. The molecule has 4 heteroatoms. The van der Waals surface area contributed by atoms with Crippen LogP contribution in [-0.4, -0.2) is 29.8 Å². The Balaban J connectivity index is 1.84. The highest BCUT2D eigenvalue weighted by atomic mass is 16.2. The zero-order valence-electron chi connectivity index (χ0n) is 17.6. The lowest BCUT2D eigenvalue weighted by atomic mass is 9.91. The summed E-state index contributed by atoms with van der Waals surface area (Å²) in [5.74, 6) is 0.537. The molecule has 2 atom stereocenters. The van der Waals surface area contributed by atoms with Gasteiger partial charge in [-0.25, -0.2) is 4.90 Å². The van der Waals surface area contributed by atoms with E-state index >= 15 is 0 Å². The third kappa shape index (κ3) is 3.59. The Bertz CT molecular complexity index is 963. The van der Waals surface area contributed by atoms with E-state index in [9.17, 15) is 9.59 Å². The van der Waals surface area contributed by atoms with Crippen molar-refractivity contribution in [2.45, 2.75) is 34.1 Å². The van der Waals surface area contributed by atoms with Crippen molar-refractivity contribution in [1.82, 2.24) is 4.90 Å². The standard InChI is InChI=1S/C25H28N2O2/c1-16-10-17(2)13-21(12-16)27-24(28)22(20-8-6-5-7-9-20)23(25(27)29)26-14-18(3)11-19(4)15-26/h5-10,12-13,18-19H,11,14-15H2,1-4H3. The van der Waals surface area contributed by atoms with Crippen molar-refractivity contribution in [2.24, 2.45) is 11.8 Å². The van der Waals surface area contributed by atoms with Gasteiger partial charge in [-0.1, -0.05) is 50.2 Å². The van der Waals surface area contributed by atoms with Crippen molar-refractivity contribution in [1.29, 1.82) is 0 Å². The molecule has 2 aromatic carbocycles. The van der Waals surface area contributed by atoms with E-state index in [1.807, 2.05) is 56.3 Å². The first-order chi connectivity index (χ1) is 13.8. The second-order valence-electron chi connectivity index (χ2n) is 8.73. The first-order valence-corrected chi connectivity index (χ1v) is 10.4. The number of likely N-dealkylation sites (tertiary alicyclic amines) is 1. The number of hydrogen-bond acceptors (Lipinski definition) is 3. The Kier molecular flexibility index (Phi) is 5.03. The molecule has 0 radical (unpaired) electrons. The maximum Gasteiger partial charge on any atom is 0.282 e. The van der Waals surface area contributed by atoms with Crippen LogP contribution in [0.1, 0.15) is 37.0 Å². The fourth-order valence-corrected chi connectivity index (χ4v) is 4.84. The maximum atomic E-state index is 13.6. The van der Waals surface area contributed by atoms with Crippen LogP contribution in [0.2, 0.25) is 0 Å². The van der Waals surface area contributed by atoms with Crippen LogP contribution in [0, 0.1) is 25.7 Å². The third-order valence-corrected chi connectivity index (χ3v) is 5.77. The molecule has 1 saturated heterocycles. The van der Waals surface area contributed by atoms with Gasteiger partial charge in [-0.05, 0) is 60.9 Å². The van der Waals surface area contributed by atoms with Crippen LogP contribution in [0.5, 0.6) is 0 Å². The molecule has 4 rings (SSSR count). The molecule has 2 unspecified atom stereocenters. The lowest BCUT2D eigenvalue weighted by molar-refractivity contribution is -0.120. The number of piperidine rings is 1. The zero-order valence-corrected chi connectivity index (χ0v) is 17.6. The minimum absolute atomic E-state index is 0.208. The number of aryl methyl sites for hydroxylation is 2. The van der Waals surface area contributed by atoms with Gasteiger partial charge in [-0.2, -0.15) is 0 Å². The van der Waals surface area contributed by atoms with Gasteiger partial charge in [0.2, 0.25) is 0 Å². The molecule has 2 aliphatic rings. The summed E-state index contributed by atoms with van der Waals surface area (Å²) < 4.78 is 0. The van der Waals surface area contributed by atoms with E-state index in [4.69, 9.17) is 0 Å². The molecule has 29 heavy (non-hydrogen) atoms. The predicted molar refractivity (Wildman–Crippen MR) is 116 cm³/mol. The van der Waals surface area contributed by atoms with E-state index in [-0.39, 0.29) is 11.8 Å². The molecule has 0 saturated carbocycles. The number of rotatable bonds is 3. The summed E-state index contributed by atoms with van der Waals surface area (Å²) in [7, 11) is 0. The van der Waals surface area contributed by atoms with Crippen molar-refractivity contribution in [3.8, 4) is 0 Å². The number of carbonyl (C=O) groups excluding carboxylic acids is 2. The Morgan fingerprint density at radius 3 is 2.00 bits per heavy atom. The van der Waals surface area contributed by atoms with Crippen LogP contribution >= 0.6 is 0 Å². The van der Waals surface area contributed by atoms with Crippen molar-refractivity contribution >= 4 is 23.1 Å². The molecular weight excluding hydrogens is 360 g/mol. The average molecular weight is 389 g/mol. The third-order valence-electron chi connectivity index (χ3n) is 5.77. The normalized spacial score (nSPS) is 22.6. The number of amides is 2. The molecule has 150 valence electrons. The minimum atomic E-state index is -0.230. The monoisotopic (exact) mass is 388 g/mol. The Labute approximate surface area is 172 Å². The molecule has 0 bridgehead atoms. The molecular formula is C25H28N2O2. The van der Waals surface area contributed by atoms with Gasteiger partial charge in [-0.15, -0.1) is 0 Å². The van der Waals surface area contributed by atoms with Gasteiger partial charge in [-0.3, -0.25) is 9.59 Å². The average Bonchev–Trinajstić information content (AvgIpc) is 2.91. The van der Waals surface area contributed by atoms with E-state index in [1.54, 1.807) is 0 Å². The van der Waals surface area contributed by atoms with Gasteiger partial charge >= 0.3 is 0 Å². The summed E-state index contributed by atoms with van der Waals surface area (Å²) in [4.78, 5) is 30.7. The number of imide groups is 1. The predicted octanol–water partition coefficient (Wildman–Crippen LogP) is 4.57. The summed E-state index contributed by atoms with van der Waals surface area (Å²) in [6, 6.07) is 15.5. The molecule has 1 fully saturated rings. The molecule has 2 heterocycles. The first-order valence-electron chi connectivity index (χ1n) is 10.4. The lowest BCUT2D eigenvalue weighted by Crippen LogP contribution is -2.42. The van der Waals surface area contributed by atoms with Crippen LogP contribution in [0.15, 0.2) is 54.2 Å². The molecule has 0 spiro atoms. The van der Waals surface area contributed by atoms with Crippen molar-refractivity contribution in [3.63, 3.8) is 0 Å². The van der Waals surface area contributed by atoms with Gasteiger partial charge in [0.15, 0.2) is 0 Å². The molecule has 2 aliphatic heterocycles. The number of carbonyl (C=O) groups is 2. The largest absolute Gasteiger partial charge is 0.366 e. The van der Waals surface area contributed by atoms with E-state index in [1.165, 1.54) is 4.90 Å². The van der Waals surface area contributed by atoms with Crippen molar-refractivity contribution in [2.75, 3.05) is 18.0 Å². The smallest absolute Gasteiger partial charge is 0.282 e. The van der Waals surface area contributed by atoms with Gasteiger partial charge in [0.1, 0.15) is 5.70 Å². The van der Waals surface area contributed by atoms with E-state index in [2.05, 4.69) is 24.8 Å². The Morgan fingerprint density at radius 1 is 0.828 bits per heavy atom.